The molecule has 3 nitrogen and oxygen atoms in total. The van der Waals surface area contributed by atoms with Crippen molar-refractivity contribution in [1.29, 1.82) is 0 Å². The summed E-state index contributed by atoms with van der Waals surface area (Å²) in [7, 11) is 0. The van der Waals surface area contributed by atoms with Crippen molar-refractivity contribution in [2.24, 2.45) is 5.92 Å². The van der Waals surface area contributed by atoms with Gasteiger partial charge in [-0.05, 0) is 56.0 Å². The Morgan fingerprint density at radius 2 is 1.95 bits per heavy atom. The third kappa shape index (κ3) is 3.00. The van der Waals surface area contributed by atoms with Crippen LogP contribution in [0.4, 0.5) is 4.39 Å². The van der Waals surface area contributed by atoms with Crippen LogP contribution in [-0.4, -0.2) is 26.3 Å². The number of rotatable bonds is 2. The van der Waals surface area contributed by atoms with Gasteiger partial charge < -0.3 is 14.8 Å². The third-order valence-electron chi connectivity index (χ3n) is 3.85. The van der Waals surface area contributed by atoms with Gasteiger partial charge in [0.25, 0.3) is 0 Å². The van der Waals surface area contributed by atoms with E-state index in [1.807, 2.05) is 6.07 Å². The quantitative estimate of drug-likeness (QED) is 0.891. The highest BCUT2D eigenvalue weighted by atomic mass is 19.1. The number of fused-ring (bicyclic) bond motifs is 1. The molecule has 0 radical (unpaired) electrons. The van der Waals surface area contributed by atoms with Crippen molar-refractivity contribution < 1.29 is 13.9 Å². The molecule has 1 fully saturated rings. The highest BCUT2D eigenvalue weighted by Gasteiger charge is 2.19. The van der Waals surface area contributed by atoms with Gasteiger partial charge >= 0.3 is 0 Å². The molecule has 3 rings (SSSR count). The average molecular weight is 265 g/mol. The Kier molecular flexibility index (Phi) is 3.87. The van der Waals surface area contributed by atoms with Gasteiger partial charge in [0.2, 0.25) is 0 Å². The molecule has 104 valence electrons. The van der Waals surface area contributed by atoms with E-state index in [1.54, 1.807) is 6.07 Å². The second-order valence-corrected chi connectivity index (χ2v) is 5.35. The van der Waals surface area contributed by atoms with Crippen molar-refractivity contribution in [1.82, 2.24) is 5.32 Å². The number of piperidine rings is 1. The van der Waals surface area contributed by atoms with Gasteiger partial charge in [0.15, 0.2) is 17.3 Å². The van der Waals surface area contributed by atoms with Crippen LogP contribution in [0.1, 0.15) is 24.8 Å². The van der Waals surface area contributed by atoms with Crippen LogP contribution in [0.3, 0.4) is 0 Å². The molecule has 19 heavy (non-hydrogen) atoms. The molecule has 1 N–H and O–H groups in total. The van der Waals surface area contributed by atoms with Crippen molar-refractivity contribution in [3.05, 3.63) is 23.5 Å². The zero-order valence-electron chi connectivity index (χ0n) is 11.1. The number of nitrogens with one attached hydrogen (secondary N) is 1. The smallest absolute Gasteiger partial charge is 0.197 e. The first-order valence-electron chi connectivity index (χ1n) is 7.11. The maximum Gasteiger partial charge on any atom is 0.197 e. The summed E-state index contributed by atoms with van der Waals surface area (Å²) in [5.41, 5.74) is 1.02. The molecule has 2 aliphatic heterocycles. The Balaban J connectivity index is 1.78. The van der Waals surface area contributed by atoms with E-state index in [2.05, 4.69) is 5.32 Å². The van der Waals surface area contributed by atoms with Crippen molar-refractivity contribution in [3.8, 4) is 11.5 Å². The van der Waals surface area contributed by atoms with E-state index in [9.17, 15) is 4.39 Å². The van der Waals surface area contributed by atoms with Gasteiger partial charge in [-0.1, -0.05) is 0 Å². The molecule has 1 saturated heterocycles. The minimum absolute atomic E-state index is 0.284. The van der Waals surface area contributed by atoms with E-state index < -0.39 is 0 Å². The van der Waals surface area contributed by atoms with Gasteiger partial charge in [-0.15, -0.1) is 0 Å². The normalized spacial score (nSPS) is 20.1. The van der Waals surface area contributed by atoms with Crippen LogP contribution in [-0.2, 0) is 6.42 Å². The van der Waals surface area contributed by atoms with Gasteiger partial charge in [0.1, 0.15) is 0 Å². The highest BCUT2D eigenvalue weighted by Crippen LogP contribution is 2.34. The number of ether oxygens (including phenoxy) is 2. The summed E-state index contributed by atoms with van der Waals surface area (Å²) in [6.07, 6.45) is 4.05. The Labute approximate surface area is 113 Å². The lowest BCUT2D eigenvalue weighted by molar-refractivity contribution is 0.292. The lowest BCUT2D eigenvalue weighted by Gasteiger charge is -2.23. The van der Waals surface area contributed by atoms with E-state index in [-0.39, 0.29) is 11.6 Å². The van der Waals surface area contributed by atoms with Crippen LogP contribution in [0.2, 0.25) is 0 Å². The summed E-state index contributed by atoms with van der Waals surface area (Å²) in [4.78, 5) is 0. The Morgan fingerprint density at radius 3 is 2.79 bits per heavy atom. The minimum atomic E-state index is -0.289. The molecular weight excluding hydrogens is 245 g/mol. The van der Waals surface area contributed by atoms with Crippen LogP contribution < -0.4 is 14.8 Å². The van der Waals surface area contributed by atoms with Crippen molar-refractivity contribution in [2.45, 2.75) is 25.7 Å². The predicted molar refractivity (Wildman–Crippen MR) is 71.3 cm³/mol. The average Bonchev–Trinajstić information content (AvgIpc) is 2.65. The first-order chi connectivity index (χ1) is 9.33. The molecule has 0 bridgehead atoms. The van der Waals surface area contributed by atoms with E-state index in [4.69, 9.17) is 9.47 Å². The third-order valence-corrected chi connectivity index (χ3v) is 3.85. The van der Waals surface area contributed by atoms with E-state index >= 15 is 0 Å². The summed E-state index contributed by atoms with van der Waals surface area (Å²) < 4.78 is 25.0. The van der Waals surface area contributed by atoms with Crippen LogP contribution in [0.25, 0.3) is 0 Å². The number of benzene rings is 1. The van der Waals surface area contributed by atoms with Gasteiger partial charge in [-0.2, -0.15) is 0 Å². The van der Waals surface area contributed by atoms with Crippen LogP contribution in [0.15, 0.2) is 12.1 Å². The lowest BCUT2D eigenvalue weighted by Crippen LogP contribution is -2.28. The first kappa shape index (κ1) is 12.7. The van der Waals surface area contributed by atoms with Crippen LogP contribution in [0.5, 0.6) is 11.5 Å². The molecule has 1 aromatic carbocycles. The Morgan fingerprint density at radius 1 is 1.16 bits per heavy atom. The second-order valence-electron chi connectivity index (χ2n) is 5.35. The highest BCUT2D eigenvalue weighted by molar-refractivity contribution is 5.44. The molecule has 0 aliphatic carbocycles. The Hall–Kier alpha value is -1.29. The van der Waals surface area contributed by atoms with Gasteiger partial charge in [0.05, 0.1) is 13.2 Å². The largest absolute Gasteiger partial charge is 0.489 e. The zero-order chi connectivity index (χ0) is 13.1. The summed E-state index contributed by atoms with van der Waals surface area (Å²) in [5.74, 6) is 1.21. The number of hydrogen-bond acceptors (Lipinski definition) is 3. The maximum atomic E-state index is 14.0. The fourth-order valence-corrected chi connectivity index (χ4v) is 2.82. The predicted octanol–water partition coefficient (Wildman–Crippen LogP) is 2.53. The monoisotopic (exact) mass is 265 g/mol. The molecule has 2 aliphatic rings. The van der Waals surface area contributed by atoms with Crippen LogP contribution >= 0.6 is 0 Å². The fraction of sp³-hybridized carbons (Fsp3) is 0.600. The zero-order valence-corrected chi connectivity index (χ0v) is 11.1. The molecule has 0 unspecified atom stereocenters. The summed E-state index contributed by atoms with van der Waals surface area (Å²) in [6, 6.07) is 3.56. The van der Waals surface area contributed by atoms with Gasteiger partial charge in [-0.25, -0.2) is 4.39 Å². The minimum Gasteiger partial charge on any atom is -0.489 e. The van der Waals surface area contributed by atoms with Crippen LogP contribution in [0, 0.1) is 11.7 Å². The van der Waals surface area contributed by atoms with Crippen molar-refractivity contribution in [2.75, 3.05) is 26.3 Å². The van der Waals surface area contributed by atoms with E-state index in [0.717, 1.165) is 44.3 Å². The fourth-order valence-electron chi connectivity index (χ4n) is 2.82. The molecule has 4 heteroatoms. The Bertz CT molecular complexity index is 444. The summed E-state index contributed by atoms with van der Waals surface area (Å²) in [5, 5.41) is 3.35. The topological polar surface area (TPSA) is 30.5 Å². The molecule has 0 aromatic heterocycles. The molecule has 0 spiro atoms. The first-order valence-corrected chi connectivity index (χ1v) is 7.11. The molecule has 0 saturated carbocycles. The molecule has 0 atom stereocenters. The molecular formula is C15H20FNO2. The number of halogens is 1. The van der Waals surface area contributed by atoms with Crippen molar-refractivity contribution in [3.63, 3.8) is 0 Å². The summed E-state index contributed by atoms with van der Waals surface area (Å²) >= 11 is 0. The second kappa shape index (κ2) is 5.78. The van der Waals surface area contributed by atoms with Gasteiger partial charge in [0, 0.05) is 6.42 Å². The van der Waals surface area contributed by atoms with E-state index in [1.165, 1.54) is 0 Å². The number of hydrogen-bond donors (Lipinski definition) is 1. The molecule has 0 amide bonds. The molecule has 2 heterocycles. The summed E-state index contributed by atoms with van der Waals surface area (Å²) in [6.45, 7) is 3.26. The van der Waals surface area contributed by atoms with E-state index in [0.29, 0.717) is 24.9 Å². The lowest BCUT2D eigenvalue weighted by atomic mass is 9.91. The molecule has 1 aromatic rings. The maximum absolute atomic E-state index is 14.0. The van der Waals surface area contributed by atoms with Crippen molar-refractivity contribution >= 4 is 0 Å². The SMILES string of the molecule is Fc1cc(CC2CCNCC2)cc2c1OCCCO2. The standard InChI is InChI=1S/C15H20FNO2/c16-13-9-12(8-11-2-4-17-5-3-11)10-14-15(13)19-7-1-6-18-14/h9-11,17H,1-8H2. The van der Waals surface area contributed by atoms with Gasteiger partial charge in [-0.3, -0.25) is 0 Å².